The molecule has 0 saturated carbocycles. The Bertz CT molecular complexity index is 876. The zero-order valence-electron chi connectivity index (χ0n) is 15.3. The van der Waals surface area contributed by atoms with Crippen LogP contribution >= 0.6 is 10.7 Å². The summed E-state index contributed by atoms with van der Waals surface area (Å²) in [6, 6.07) is 13.9. The number of ether oxygens (including phenoxy) is 2. The summed E-state index contributed by atoms with van der Waals surface area (Å²) in [6.45, 7) is 0. The lowest BCUT2D eigenvalue weighted by molar-refractivity contribution is 0.415. The van der Waals surface area contributed by atoms with Gasteiger partial charge >= 0.3 is 0 Å². The van der Waals surface area contributed by atoms with Crippen LogP contribution in [0, 0.1) is 0 Å². The first-order valence-electron chi connectivity index (χ1n) is 7.25. The predicted molar refractivity (Wildman–Crippen MR) is 110 cm³/mol. The van der Waals surface area contributed by atoms with E-state index in [-0.39, 0.29) is 0 Å². The summed E-state index contributed by atoms with van der Waals surface area (Å²) in [5.41, 5.74) is 6.72. The third-order valence-electron chi connectivity index (χ3n) is 2.51. The Hall–Kier alpha value is -2.17. The number of anilines is 2. The first kappa shape index (κ1) is 24.8. The van der Waals surface area contributed by atoms with E-state index in [2.05, 4.69) is 15.4 Å². The molecule has 0 fully saturated rings. The van der Waals surface area contributed by atoms with E-state index in [0.29, 0.717) is 11.4 Å². The van der Waals surface area contributed by atoms with Gasteiger partial charge in [-0.25, -0.2) is 16.8 Å². The number of nitrogens with one attached hydrogen (secondary N) is 1. The van der Waals surface area contributed by atoms with Gasteiger partial charge in [-0.1, -0.05) is 0 Å². The second-order valence-corrected chi connectivity index (χ2v) is 9.85. The first-order valence-corrected chi connectivity index (χ1v) is 11.9. The van der Waals surface area contributed by atoms with E-state index in [1.165, 1.54) is 0 Å². The summed E-state index contributed by atoms with van der Waals surface area (Å²) >= 11 is 0. The van der Waals surface area contributed by atoms with Crippen molar-refractivity contribution in [1.82, 2.24) is 0 Å². The lowest BCUT2D eigenvalue weighted by Crippen LogP contribution is -2.09. The number of halogens is 1. The van der Waals surface area contributed by atoms with Crippen molar-refractivity contribution >= 4 is 41.1 Å². The molecule has 27 heavy (non-hydrogen) atoms. The van der Waals surface area contributed by atoms with Gasteiger partial charge in [0.25, 0.3) is 0 Å². The van der Waals surface area contributed by atoms with E-state index < -0.39 is 19.1 Å². The number of nitrogens with two attached hydrogens (primary N) is 1. The monoisotopic (exact) mass is 438 g/mol. The highest BCUT2D eigenvalue weighted by atomic mass is 35.7. The minimum absolute atomic E-state index is 0.531. The number of sulfonamides is 1. The Labute approximate surface area is 164 Å². The molecule has 2 aromatic rings. The normalized spacial score (nSPS) is 10.4. The van der Waals surface area contributed by atoms with Gasteiger partial charge in [0.1, 0.15) is 11.5 Å². The lowest BCUT2D eigenvalue weighted by atomic mass is 10.3. The molecule has 0 saturated heterocycles. The van der Waals surface area contributed by atoms with Crippen LogP contribution in [0.1, 0.15) is 0 Å². The molecule has 0 bridgehead atoms. The van der Waals surface area contributed by atoms with Gasteiger partial charge in [-0.3, -0.25) is 4.72 Å². The fourth-order valence-corrected chi connectivity index (χ4v) is 2.04. The molecule has 152 valence electrons. The van der Waals surface area contributed by atoms with Crippen LogP contribution in [0.2, 0.25) is 0 Å². The largest absolute Gasteiger partial charge is 0.497 e. The number of methoxy groups -OCH3 is 2. The van der Waals surface area contributed by atoms with Crippen molar-refractivity contribution in [3.05, 3.63) is 48.5 Å². The molecule has 0 atom stereocenters. The van der Waals surface area contributed by atoms with E-state index >= 15 is 0 Å². The highest BCUT2D eigenvalue weighted by Crippen LogP contribution is 2.15. The van der Waals surface area contributed by atoms with Gasteiger partial charge < -0.3 is 15.2 Å². The zero-order valence-corrected chi connectivity index (χ0v) is 17.7. The van der Waals surface area contributed by atoms with E-state index in [4.69, 9.17) is 15.2 Å². The minimum Gasteiger partial charge on any atom is -0.497 e. The van der Waals surface area contributed by atoms with Gasteiger partial charge in [0.2, 0.25) is 19.1 Å². The molecule has 0 radical (unpaired) electrons. The van der Waals surface area contributed by atoms with Crippen LogP contribution in [-0.4, -0.2) is 43.6 Å². The van der Waals surface area contributed by atoms with Crippen molar-refractivity contribution in [2.45, 2.75) is 0 Å². The van der Waals surface area contributed by atoms with Crippen LogP contribution in [0.3, 0.4) is 0 Å². The number of hydrogen-bond acceptors (Lipinski definition) is 7. The van der Waals surface area contributed by atoms with Crippen LogP contribution in [0.4, 0.5) is 11.4 Å². The molecule has 0 aliphatic carbocycles. The molecule has 2 aromatic carbocycles. The van der Waals surface area contributed by atoms with Crippen molar-refractivity contribution in [3.63, 3.8) is 0 Å². The van der Waals surface area contributed by atoms with Crippen molar-refractivity contribution in [3.8, 4) is 11.5 Å². The predicted octanol–water partition coefficient (Wildman–Crippen LogP) is 2.53. The summed E-state index contributed by atoms with van der Waals surface area (Å²) in [6.07, 6.45) is 2.03. The summed E-state index contributed by atoms with van der Waals surface area (Å²) in [5.74, 6) is 1.53. The molecule has 0 spiro atoms. The highest BCUT2D eigenvalue weighted by Gasteiger charge is 2.00. The summed E-state index contributed by atoms with van der Waals surface area (Å²) in [5, 5.41) is 0. The van der Waals surface area contributed by atoms with E-state index in [1.807, 2.05) is 12.1 Å². The van der Waals surface area contributed by atoms with Gasteiger partial charge in [-0.15, -0.1) is 0 Å². The maximum atomic E-state index is 10.8. The molecule has 0 unspecified atom stereocenters. The highest BCUT2D eigenvalue weighted by molar-refractivity contribution is 8.13. The summed E-state index contributed by atoms with van der Waals surface area (Å²) in [4.78, 5) is 0. The molecule has 0 aliphatic rings. The molecule has 0 aliphatic heterocycles. The van der Waals surface area contributed by atoms with Crippen LogP contribution < -0.4 is 19.9 Å². The van der Waals surface area contributed by atoms with Crippen LogP contribution in [0.5, 0.6) is 11.5 Å². The number of rotatable bonds is 4. The maximum Gasteiger partial charge on any atom is 0.229 e. The van der Waals surface area contributed by atoms with Gasteiger partial charge in [0, 0.05) is 22.1 Å². The topological polar surface area (TPSA) is 125 Å². The molecular formula is C16H23ClN2O6S2. The second kappa shape index (κ2) is 11.5. The quantitative estimate of drug-likeness (QED) is 0.554. The Morgan fingerprint density at radius 3 is 1.44 bits per heavy atom. The molecule has 3 N–H and O–H groups in total. The molecule has 0 heterocycles. The van der Waals surface area contributed by atoms with Crippen molar-refractivity contribution in [2.75, 3.05) is 37.2 Å². The summed E-state index contributed by atoms with van der Waals surface area (Å²) < 4.78 is 52.6. The standard InChI is InChI=1S/C8H11NO3S.C7H9NO.CH3ClO2S/c1-12-8-5-3-7(4-6-8)9-13(2,10)11;1-9-7-4-2-6(8)3-5-7;1-5(2,3)4/h3-6,9H,1-2H3;2-5H,8H2,1H3;1H3. The SMILES string of the molecule is COc1ccc(N)cc1.COc1ccc(NS(C)(=O)=O)cc1.CS(=O)(=O)Cl. The fraction of sp³-hybridized carbons (Fsp3) is 0.250. The maximum absolute atomic E-state index is 10.8. The minimum atomic E-state index is -3.19. The van der Waals surface area contributed by atoms with Crippen LogP contribution in [0.25, 0.3) is 0 Å². The third-order valence-corrected chi connectivity index (χ3v) is 3.12. The smallest absolute Gasteiger partial charge is 0.229 e. The average molecular weight is 439 g/mol. The molecule has 11 heteroatoms. The van der Waals surface area contributed by atoms with Crippen LogP contribution in [0.15, 0.2) is 48.5 Å². The average Bonchev–Trinajstić information content (AvgIpc) is 2.54. The van der Waals surface area contributed by atoms with Crippen molar-refractivity contribution in [2.24, 2.45) is 0 Å². The molecule has 0 aromatic heterocycles. The third kappa shape index (κ3) is 15.8. The molecule has 8 nitrogen and oxygen atoms in total. The van der Waals surface area contributed by atoms with E-state index in [9.17, 15) is 16.8 Å². The second-order valence-electron chi connectivity index (χ2n) is 5.06. The number of hydrogen-bond donors (Lipinski definition) is 2. The first-order chi connectivity index (χ1) is 12.3. The lowest BCUT2D eigenvalue weighted by Gasteiger charge is -2.04. The Kier molecular flexibility index (Phi) is 10.6. The van der Waals surface area contributed by atoms with Gasteiger partial charge in [0.05, 0.1) is 26.7 Å². The Balaban J connectivity index is 0.000000419. The van der Waals surface area contributed by atoms with E-state index in [0.717, 1.165) is 23.9 Å². The van der Waals surface area contributed by atoms with Crippen LogP contribution in [-0.2, 0) is 19.1 Å². The zero-order chi connectivity index (χ0) is 21.1. The van der Waals surface area contributed by atoms with Crippen molar-refractivity contribution < 1.29 is 26.3 Å². The van der Waals surface area contributed by atoms with Gasteiger partial charge in [-0.05, 0) is 48.5 Å². The number of nitrogen functional groups attached to an aromatic ring is 1. The Morgan fingerprint density at radius 2 is 1.15 bits per heavy atom. The molecule has 0 amide bonds. The van der Waals surface area contributed by atoms with Crippen molar-refractivity contribution in [1.29, 1.82) is 0 Å². The molecule has 2 rings (SSSR count). The number of benzene rings is 2. The molecular weight excluding hydrogens is 416 g/mol. The Morgan fingerprint density at radius 1 is 0.815 bits per heavy atom. The van der Waals surface area contributed by atoms with Gasteiger partial charge in [-0.2, -0.15) is 0 Å². The fourth-order valence-electron chi connectivity index (χ4n) is 1.48. The van der Waals surface area contributed by atoms with Gasteiger partial charge in [0.15, 0.2) is 0 Å². The summed E-state index contributed by atoms with van der Waals surface area (Å²) in [7, 11) is 1.31. The van der Waals surface area contributed by atoms with E-state index in [1.54, 1.807) is 50.6 Å².